The Morgan fingerprint density at radius 1 is 1.47 bits per heavy atom. The van der Waals surface area contributed by atoms with Crippen molar-refractivity contribution in [2.45, 2.75) is 25.0 Å². The van der Waals surface area contributed by atoms with Crippen molar-refractivity contribution in [2.24, 2.45) is 0 Å². The zero-order valence-corrected chi connectivity index (χ0v) is 10.0. The summed E-state index contributed by atoms with van der Waals surface area (Å²) in [6.45, 7) is 2.39. The zero-order chi connectivity index (χ0) is 12.3. The third kappa shape index (κ3) is 3.19. The molecule has 0 fully saturated rings. The molecule has 94 valence electrons. The number of benzene rings is 1. The molecule has 0 radical (unpaired) electrons. The lowest BCUT2D eigenvalue weighted by Crippen LogP contribution is -2.43. The zero-order valence-electron chi connectivity index (χ0n) is 10.0. The van der Waals surface area contributed by atoms with E-state index in [4.69, 9.17) is 9.84 Å². The highest BCUT2D eigenvalue weighted by Gasteiger charge is 2.23. The fourth-order valence-corrected chi connectivity index (χ4v) is 1.93. The quantitative estimate of drug-likeness (QED) is 0.690. The Bertz CT molecular complexity index is 354. The van der Waals surface area contributed by atoms with Gasteiger partial charge in [0.05, 0.1) is 12.2 Å². The van der Waals surface area contributed by atoms with Crippen LogP contribution >= 0.6 is 0 Å². The van der Waals surface area contributed by atoms with E-state index >= 15 is 0 Å². The Morgan fingerprint density at radius 2 is 2.24 bits per heavy atom. The molecule has 1 aliphatic rings. The summed E-state index contributed by atoms with van der Waals surface area (Å²) in [5.74, 6) is 0.952. The summed E-state index contributed by atoms with van der Waals surface area (Å²) in [5, 5.41) is 21.6. The fraction of sp³-hybridized carbons (Fsp3) is 0.538. The molecule has 0 aliphatic carbocycles. The van der Waals surface area contributed by atoms with Crippen molar-refractivity contribution in [3.05, 3.63) is 29.8 Å². The Kier molecular flexibility index (Phi) is 3.66. The summed E-state index contributed by atoms with van der Waals surface area (Å²) in [4.78, 5) is 0. The molecule has 17 heavy (non-hydrogen) atoms. The lowest BCUT2D eigenvalue weighted by molar-refractivity contribution is 0.00151. The third-order valence-corrected chi connectivity index (χ3v) is 2.93. The second-order valence-corrected chi connectivity index (χ2v) is 4.84. The number of hydrogen-bond donors (Lipinski definition) is 3. The SMILES string of the molecule is CC(O)(CO)CNCC1Cc2ccccc2O1. The molecule has 0 amide bonds. The Hall–Kier alpha value is -1.10. The van der Waals surface area contributed by atoms with E-state index in [0.29, 0.717) is 13.1 Å². The molecule has 0 spiro atoms. The molecule has 2 rings (SSSR count). The molecule has 1 heterocycles. The van der Waals surface area contributed by atoms with Crippen molar-refractivity contribution >= 4 is 0 Å². The number of rotatable bonds is 5. The first-order valence-electron chi connectivity index (χ1n) is 5.89. The second kappa shape index (κ2) is 5.04. The summed E-state index contributed by atoms with van der Waals surface area (Å²) >= 11 is 0. The van der Waals surface area contributed by atoms with Gasteiger partial charge in [0, 0.05) is 19.5 Å². The molecular formula is C13H19NO3. The van der Waals surface area contributed by atoms with Gasteiger partial charge in [0.15, 0.2) is 0 Å². The topological polar surface area (TPSA) is 61.7 Å². The molecule has 1 aliphatic heterocycles. The van der Waals surface area contributed by atoms with E-state index in [0.717, 1.165) is 12.2 Å². The van der Waals surface area contributed by atoms with Gasteiger partial charge in [0.25, 0.3) is 0 Å². The van der Waals surface area contributed by atoms with E-state index in [9.17, 15) is 5.11 Å². The highest BCUT2D eigenvalue weighted by atomic mass is 16.5. The van der Waals surface area contributed by atoms with Crippen LogP contribution in [0.15, 0.2) is 24.3 Å². The average Bonchev–Trinajstić information content (AvgIpc) is 2.71. The number of aliphatic hydroxyl groups excluding tert-OH is 1. The molecular weight excluding hydrogens is 218 g/mol. The maximum atomic E-state index is 9.62. The molecule has 0 aromatic heterocycles. The molecule has 1 aromatic carbocycles. The summed E-state index contributed by atoms with van der Waals surface area (Å²) < 4.78 is 5.75. The first-order valence-corrected chi connectivity index (χ1v) is 5.89. The summed E-state index contributed by atoms with van der Waals surface area (Å²) in [7, 11) is 0. The van der Waals surface area contributed by atoms with Crippen molar-refractivity contribution in [3.63, 3.8) is 0 Å². The van der Waals surface area contributed by atoms with Gasteiger partial charge in [-0.1, -0.05) is 18.2 Å². The first kappa shape index (κ1) is 12.4. The van der Waals surface area contributed by atoms with Gasteiger partial charge < -0.3 is 20.3 Å². The smallest absolute Gasteiger partial charge is 0.123 e. The van der Waals surface area contributed by atoms with Crippen LogP contribution in [0.1, 0.15) is 12.5 Å². The van der Waals surface area contributed by atoms with Crippen LogP contribution in [-0.2, 0) is 6.42 Å². The largest absolute Gasteiger partial charge is 0.488 e. The maximum absolute atomic E-state index is 9.62. The number of fused-ring (bicyclic) bond motifs is 1. The molecule has 4 nitrogen and oxygen atoms in total. The van der Waals surface area contributed by atoms with Crippen LogP contribution in [0.2, 0.25) is 0 Å². The van der Waals surface area contributed by atoms with Crippen LogP contribution in [0.4, 0.5) is 0 Å². The van der Waals surface area contributed by atoms with E-state index in [1.807, 2.05) is 18.2 Å². The number of nitrogens with one attached hydrogen (secondary N) is 1. The highest BCUT2D eigenvalue weighted by molar-refractivity contribution is 5.37. The van der Waals surface area contributed by atoms with Gasteiger partial charge >= 0.3 is 0 Å². The Morgan fingerprint density at radius 3 is 2.94 bits per heavy atom. The van der Waals surface area contributed by atoms with Gasteiger partial charge in [-0.15, -0.1) is 0 Å². The lowest BCUT2D eigenvalue weighted by atomic mass is 10.1. The minimum absolute atomic E-state index is 0.113. The number of aliphatic hydroxyl groups is 2. The molecule has 2 unspecified atom stereocenters. The Balaban J connectivity index is 1.77. The number of ether oxygens (including phenoxy) is 1. The van der Waals surface area contributed by atoms with Crippen LogP contribution in [0, 0.1) is 0 Å². The molecule has 3 N–H and O–H groups in total. The summed E-state index contributed by atoms with van der Waals surface area (Å²) in [5.41, 5.74) is 0.166. The lowest BCUT2D eigenvalue weighted by Gasteiger charge is -2.21. The molecule has 0 saturated carbocycles. The highest BCUT2D eigenvalue weighted by Crippen LogP contribution is 2.27. The Labute approximate surface area is 101 Å². The van der Waals surface area contributed by atoms with Crippen LogP contribution in [0.3, 0.4) is 0 Å². The van der Waals surface area contributed by atoms with Gasteiger partial charge in [-0.25, -0.2) is 0 Å². The first-order chi connectivity index (χ1) is 8.11. The van der Waals surface area contributed by atoms with E-state index in [2.05, 4.69) is 11.4 Å². The van der Waals surface area contributed by atoms with Gasteiger partial charge in [-0.05, 0) is 18.6 Å². The summed E-state index contributed by atoms with van der Waals surface area (Å²) in [6, 6.07) is 8.01. The predicted octanol–water partition coefficient (Wildman–Crippen LogP) is 0.323. The van der Waals surface area contributed by atoms with Gasteiger partial charge in [-0.3, -0.25) is 0 Å². The average molecular weight is 237 g/mol. The van der Waals surface area contributed by atoms with Crippen LogP contribution in [0.5, 0.6) is 5.75 Å². The van der Waals surface area contributed by atoms with Gasteiger partial charge in [0.1, 0.15) is 11.9 Å². The molecule has 2 atom stereocenters. The van der Waals surface area contributed by atoms with Crippen LogP contribution in [0.25, 0.3) is 0 Å². The van der Waals surface area contributed by atoms with Crippen molar-refractivity contribution in [2.75, 3.05) is 19.7 Å². The van der Waals surface area contributed by atoms with Crippen molar-refractivity contribution < 1.29 is 14.9 Å². The molecule has 0 bridgehead atoms. The standard InChI is InChI=1S/C13H19NO3/c1-13(16,9-15)8-14-7-11-6-10-4-2-3-5-12(10)17-11/h2-5,11,14-16H,6-9H2,1H3. The van der Waals surface area contributed by atoms with E-state index < -0.39 is 5.60 Å². The van der Waals surface area contributed by atoms with E-state index in [-0.39, 0.29) is 12.7 Å². The minimum atomic E-state index is -1.06. The van der Waals surface area contributed by atoms with E-state index in [1.54, 1.807) is 6.92 Å². The van der Waals surface area contributed by atoms with E-state index in [1.165, 1.54) is 5.56 Å². The van der Waals surface area contributed by atoms with Crippen molar-refractivity contribution in [1.29, 1.82) is 0 Å². The predicted molar refractivity (Wildman–Crippen MR) is 65.1 cm³/mol. The molecule has 1 aromatic rings. The normalized spacial score (nSPS) is 21.7. The van der Waals surface area contributed by atoms with Gasteiger partial charge in [-0.2, -0.15) is 0 Å². The number of para-hydroxylation sites is 1. The van der Waals surface area contributed by atoms with Crippen LogP contribution in [-0.4, -0.2) is 41.6 Å². The number of hydrogen-bond acceptors (Lipinski definition) is 4. The maximum Gasteiger partial charge on any atom is 0.123 e. The third-order valence-electron chi connectivity index (χ3n) is 2.93. The second-order valence-electron chi connectivity index (χ2n) is 4.84. The van der Waals surface area contributed by atoms with Crippen molar-refractivity contribution in [1.82, 2.24) is 5.32 Å². The monoisotopic (exact) mass is 237 g/mol. The molecule has 0 saturated heterocycles. The fourth-order valence-electron chi connectivity index (χ4n) is 1.93. The van der Waals surface area contributed by atoms with Gasteiger partial charge in [0.2, 0.25) is 0 Å². The van der Waals surface area contributed by atoms with Crippen molar-refractivity contribution in [3.8, 4) is 5.75 Å². The van der Waals surface area contributed by atoms with Crippen LogP contribution < -0.4 is 10.1 Å². The molecule has 4 heteroatoms. The minimum Gasteiger partial charge on any atom is -0.488 e. The summed E-state index contributed by atoms with van der Waals surface area (Å²) in [6.07, 6.45) is 1.01.